The fourth-order valence-electron chi connectivity index (χ4n) is 3.62. The molecule has 2 aromatic heterocycles. The molecule has 1 N–H and O–H groups in total. The van der Waals surface area contributed by atoms with E-state index in [9.17, 15) is 13.2 Å². The highest BCUT2D eigenvalue weighted by Gasteiger charge is 2.33. The number of carbonyl (C=O) groups is 1. The molecule has 0 spiro atoms. The molecule has 3 heterocycles. The highest BCUT2D eigenvalue weighted by molar-refractivity contribution is 7.89. The molecule has 1 aliphatic heterocycles. The van der Waals surface area contributed by atoms with E-state index in [1.54, 1.807) is 63.7 Å². The molecule has 8 nitrogen and oxygen atoms in total. The number of rotatable bonds is 6. The molecule has 30 heavy (non-hydrogen) atoms. The van der Waals surface area contributed by atoms with Gasteiger partial charge in [0, 0.05) is 44.3 Å². The molecule has 3 aromatic rings. The van der Waals surface area contributed by atoms with Crippen LogP contribution < -0.4 is 5.32 Å². The van der Waals surface area contributed by atoms with E-state index in [1.807, 2.05) is 14.1 Å². The fraction of sp³-hybridized carbons (Fsp3) is 0.333. The average Bonchev–Trinajstić information content (AvgIpc) is 3.41. The largest absolute Gasteiger partial charge is 0.348 e. The highest BCUT2D eigenvalue weighted by Crippen LogP contribution is 2.23. The van der Waals surface area contributed by atoms with E-state index in [2.05, 4.69) is 15.2 Å². The minimum atomic E-state index is -3.50. The zero-order chi connectivity index (χ0) is 21.3. The molecule has 1 aliphatic rings. The van der Waals surface area contributed by atoms with Crippen molar-refractivity contribution in [2.24, 2.45) is 0 Å². The number of benzene rings is 1. The van der Waals surface area contributed by atoms with Gasteiger partial charge in [-0.2, -0.15) is 4.31 Å². The lowest BCUT2D eigenvalue weighted by Crippen LogP contribution is -2.34. The van der Waals surface area contributed by atoms with Gasteiger partial charge in [-0.15, -0.1) is 0 Å². The van der Waals surface area contributed by atoms with Crippen molar-refractivity contribution in [3.8, 4) is 0 Å². The number of pyridine rings is 1. The summed E-state index contributed by atoms with van der Waals surface area (Å²) < 4.78 is 29.1. The fourth-order valence-corrected chi connectivity index (χ4v) is 5.11. The van der Waals surface area contributed by atoms with Crippen molar-refractivity contribution >= 4 is 21.6 Å². The Morgan fingerprint density at radius 1 is 1.20 bits per heavy atom. The second-order valence-corrected chi connectivity index (χ2v) is 9.64. The number of sulfonamides is 1. The van der Waals surface area contributed by atoms with Gasteiger partial charge in [0.25, 0.3) is 5.91 Å². The Bertz CT molecular complexity index is 1150. The molecular formula is C21H25N5O3S. The van der Waals surface area contributed by atoms with Crippen molar-refractivity contribution in [2.45, 2.75) is 23.9 Å². The second-order valence-electron chi connectivity index (χ2n) is 7.71. The van der Waals surface area contributed by atoms with Crippen LogP contribution in [0, 0.1) is 0 Å². The molecule has 0 bridgehead atoms. The zero-order valence-electron chi connectivity index (χ0n) is 17.0. The predicted molar refractivity (Wildman–Crippen MR) is 114 cm³/mol. The van der Waals surface area contributed by atoms with E-state index in [-0.39, 0.29) is 16.8 Å². The van der Waals surface area contributed by atoms with Gasteiger partial charge < -0.3 is 14.6 Å². The van der Waals surface area contributed by atoms with Crippen molar-refractivity contribution in [2.75, 3.05) is 27.2 Å². The van der Waals surface area contributed by atoms with Crippen LogP contribution in [0.1, 0.15) is 22.3 Å². The number of imidazole rings is 1. The third-order valence-corrected chi connectivity index (χ3v) is 7.40. The van der Waals surface area contributed by atoms with E-state index < -0.39 is 10.0 Å². The zero-order valence-corrected chi connectivity index (χ0v) is 17.8. The van der Waals surface area contributed by atoms with E-state index in [1.165, 1.54) is 0 Å². The van der Waals surface area contributed by atoms with Gasteiger partial charge in [-0.3, -0.25) is 4.79 Å². The number of aromatic nitrogens is 2. The van der Waals surface area contributed by atoms with Crippen LogP contribution in [0.4, 0.5) is 0 Å². The van der Waals surface area contributed by atoms with Gasteiger partial charge in [-0.1, -0.05) is 12.1 Å². The van der Waals surface area contributed by atoms with E-state index in [0.29, 0.717) is 25.2 Å². The van der Waals surface area contributed by atoms with Crippen LogP contribution in [0.2, 0.25) is 0 Å². The third kappa shape index (κ3) is 4.09. The quantitative estimate of drug-likeness (QED) is 0.646. The molecule has 1 fully saturated rings. The second kappa shape index (κ2) is 8.17. The summed E-state index contributed by atoms with van der Waals surface area (Å²) in [6.07, 6.45) is 6.02. The first-order valence-corrected chi connectivity index (χ1v) is 11.2. The summed E-state index contributed by atoms with van der Waals surface area (Å²) in [5.41, 5.74) is 2.14. The first-order chi connectivity index (χ1) is 14.3. The highest BCUT2D eigenvalue weighted by atomic mass is 32.2. The average molecular weight is 428 g/mol. The summed E-state index contributed by atoms with van der Waals surface area (Å²) in [5.74, 6) is -0.200. The molecule has 0 radical (unpaired) electrons. The van der Waals surface area contributed by atoms with Gasteiger partial charge in [0.2, 0.25) is 10.0 Å². The van der Waals surface area contributed by atoms with Crippen LogP contribution in [-0.4, -0.2) is 66.1 Å². The van der Waals surface area contributed by atoms with Crippen molar-refractivity contribution in [1.29, 1.82) is 0 Å². The Kier molecular flexibility index (Phi) is 5.59. The lowest BCUT2D eigenvalue weighted by atomic mass is 10.2. The molecule has 0 aliphatic carbocycles. The molecule has 0 saturated carbocycles. The Hall–Kier alpha value is -2.75. The number of nitrogens with zero attached hydrogens (tertiary/aromatic N) is 4. The van der Waals surface area contributed by atoms with Crippen LogP contribution >= 0.6 is 0 Å². The normalized spacial score (nSPS) is 17.6. The molecule has 1 atom stereocenters. The van der Waals surface area contributed by atoms with E-state index >= 15 is 0 Å². The lowest BCUT2D eigenvalue weighted by Gasteiger charge is -2.20. The molecular weight excluding hydrogens is 402 g/mol. The maximum absolute atomic E-state index is 12.9. The van der Waals surface area contributed by atoms with E-state index in [0.717, 1.165) is 17.6 Å². The van der Waals surface area contributed by atoms with Gasteiger partial charge in [0.1, 0.15) is 5.65 Å². The molecule has 1 saturated heterocycles. The molecule has 1 aromatic carbocycles. The minimum absolute atomic E-state index is 0.200. The number of hydrogen-bond acceptors (Lipinski definition) is 5. The number of fused-ring (bicyclic) bond motifs is 1. The monoisotopic (exact) mass is 427 g/mol. The minimum Gasteiger partial charge on any atom is -0.348 e. The number of amides is 1. The van der Waals surface area contributed by atoms with Crippen LogP contribution in [0.5, 0.6) is 0 Å². The Morgan fingerprint density at radius 2 is 1.97 bits per heavy atom. The van der Waals surface area contributed by atoms with Gasteiger partial charge in [-0.05, 0) is 50.3 Å². The molecule has 0 unspecified atom stereocenters. The molecule has 1 amide bonds. The summed E-state index contributed by atoms with van der Waals surface area (Å²) in [6.45, 7) is 1.35. The Balaban J connectivity index is 1.39. The number of nitrogens with one attached hydrogen (secondary N) is 1. The Morgan fingerprint density at radius 3 is 2.67 bits per heavy atom. The number of carbonyl (C=O) groups excluding carboxylic acids is 1. The van der Waals surface area contributed by atoms with E-state index in [4.69, 9.17) is 0 Å². The summed E-state index contributed by atoms with van der Waals surface area (Å²) in [6, 6.07) is 10.5. The number of likely N-dealkylation sites (N-methyl/N-ethyl adjacent to an activating group) is 1. The topological polar surface area (TPSA) is 87.0 Å². The van der Waals surface area contributed by atoms with Crippen molar-refractivity contribution in [3.63, 3.8) is 0 Å². The van der Waals surface area contributed by atoms with Gasteiger partial charge in [0.15, 0.2) is 0 Å². The van der Waals surface area contributed by atoms with Crippen molar-refractivity contribution < 1.29 is 13.2 Å². The first kappa shape index (κ1) is 20.5. The third-order valence-electron chi connectivity index (χ3n) is 5.52. The smallest absolute Gasteiger partial charge is 0.253 e. The van der Waals surface area contributed by atoms with Gasteiger partial charge >= 0.3 is 0 Å². The number of hydrogen-bond donors (Lipinski definition) is 1. The molecule has 4 rings (SSSR count). The van der Waals surface area contributed by atoms with Crippen LogP contribution in [-0.2, 0) is 16.6 Å². The molecule has 158 valence electrons. The van der Waals surface area contributed by atoms with Crippen LogP contribution in [0.25, 0.3) is 5.65 Å². The maximum Gasteiger partial charge on any atom is 0.253 e. The van der Waals surface area contributed by atoms with Crippen molar-refractivity contribution in [3.05, 3.63) is 66.1 Å². The summed E-state index contributed by atoms with van der Waals surface area (Å²) >= 11 is 0. The lowest BCUT2D eigenvalue weighted by molar-refractivity contribution is 0.0950. The van der Waals surface area contributed by atoms with Crippen molar-refractivity contribution in [1.82, 2.24) is 23.9 Å². The van der Waals surface area contributed by atoms with Crippen LogP contribution in [0.3, 0.4) is 0 Å². The van der Waals surface area contributed by atoms with Gasteiger partial charge in [0.05, 0.1) is 10.5 Å². The van der Waals surface area contributed by atoms with Gasteiger partial charge in [-0.25, -0.2) is 13.4 Å². The SMILES string of the molecule is CN(C)[C@H]1CCN(S(=O)(=O)c2ccc(CNC(=O)c3ccc4nccn4c3)cc2)C1. The predicted octanol–water partition coefficient (Wildman–Crippen LogP) is 1.59. The van der Waals surface area contributed by atoms with Crippen LogP contribution in [0.15, 0.2) is 59.9 Å². The first-order valence-electron chi connectivity index (χ1n) is 9.81. The summed E-state index contributed by atoms with van der Waals surface area (Å²) in [5, 5.41) is 2.87. The summed E-state index contributed by atoms with van der Waals surface area (Å²) in [4.78, 5) is 18.9. The Labute approximate surface area is 176 Å². The standard InChI is InChI=1S/C21H25N5O3S/c1-24(2)18-9-11-26(15-18)30(28,29)19-6-3-16(4-7-19)13-23-21(27)17-5-8-20-22-10-12-25(20)14-17/h3-8,10,12,14,18H,9,11,13,15H2,1-2H3,(H,23,27)/t18-/m0/s1. The molecule has 9 heteroatoms. The maximum atomic E-state index is 12.9. The summed E-state index contributed by atoms with van der Waals surface area (Å²) in [7, 11) is 0.438.